The van der Waals surface area contributed by atoms with Crippen molar-refractivity contribution in [1.29, 1.82) is 0 Å². The molecular formula is C17H19N5O3S. The van der Waals surface area contributed by atoms with Crippen LogP contribution in [0.1, 0.15) is 18.7 Å². The molecule has 1 aromatic carbocycles. The van der Waals surface area contributed by atoms with E-state index in [4.69, 9.17) is 4.74 Å². The zero-order valence-corrected chi connectivity index (χ0v) is 15.2. The topological polar surface area (TPSA) is 94.8 Å². The quantitative estimate of drug-likeness (QED) is 0.677. The summed E-state index contributed by atoms with van der Waals surface area (Å²) in [7, 11) is 1.71. The van der Waals surface area contributed by atoms with Gasteiger partial charge in [-0.05, 0) is 25.0 Å². The fourth-order valence-electron chi connectivity index (χ4n) is 3.09. The summed E-state index contributed by atoms with van der Waals surface area (Å²) >= 11 is 1.38. The third-order valence-corrected chi connectivity index (χ3v) is 5.51. The predicted octanol–water partition coefficient (Wildman–Crippen LogP) is 1.29. The van der Waals surface area contributed by atoms with Crippen molar-refractivity contribution in [1.82, 2.24) is 24.3 Å². The summed E-state index contributed by atoms with van der Waals surface area (Å²) in [6.07, 6.45) is 2.01. The second kappa shape index (κ2) is 7.08. The summed E-state index contributed by atoms with van der Waals surface area (Å²) in [6, 6.07) is 7.29. The number of ether oxygens (including phenoxy) is 1. The molecule has 8 nitrogen and oxygen atoms in total. The Balaban J connectivity index is 1.58. The number of rotatable bonds is 5. The molecule has 0 aliphatic carbocycles. The van der Waals surface area contributed by atoms with Crippen LogP contribution in [0.4, 0.5) is 0 Å². The van der Waals surface area contributed by atoms with Gasteiger partial charge in [-0.15, -0.1) is 5.10 Å². The minimum atomic E-state index is -0.247. The van der Waals surface area contributed by atoms with E-state index in [1.807, 2.05) is 18.2 Å². The van der Waals surface area contributed by atoms with Gasteiger partial charge in [0.05, 0.1) is 29.3 Å². The molecule has 0 saturated carbocycles. The van der Waals surface area contributed by atoms with E-state index in [0.29, 0.717) is 34.2 Å². The van der Waals surface area contributed by atoms with Crippen molar-refractivity contribution in [3.63, 3.8) is 0 Å². The molecule has 9 heteroatoms. The lowest BCUT2D eigenvalue weighted by Crippen LogP contribution is -2.25. The van der Waals surface area contributed by atoms with Crippen LogP contribution < -0.4 is 11.2 Å². The fraction of sp³-hybridized carbons (Fsp3) is 0.412. The Morgan fingerprint density at radius 1 is 1.35 bits per heavy atom. The normalized spacial score (nSPS) is 17.2. The van der Waals surface area contributed by atoms with E-state index < -0.39 is 0 Å². The van der Waals surface area contributed by atoms with Crippen molar-refractivity contribution in [2.75, 3.05) is 6.61 Å². The first-order valence-corrected chi connectivity index (χ1v) is 9.46. The van der Waals surface area contributed by atoms with E-state index in [1.54, 1.807) is 22.2 Å². The van der Waals surface area contributed by atoms with Gasteiger partial charge in [0.15, 0.2) is 5.16 Å². The number of para-hydroxylation sites is 1. The smallest absolute Gasteiger partial charge is 0.344 e. The van der Waals surface area contributed by atoms with E-state index in [0.717, 1.165) is 19.4 Å². The highest BCUT2D eigenvalue weighted by Gasteiger charge is 2.20. The molecule has 1 aliphatic rings. The third kappa shape index (κ3) is 3.19. The Morgan fingerprint density at radius 2 is 2.19 bits per heavy atom. The Bertz CT molecular complexity index is 1050. The van der Waals surface area contributed by atoms with Gasteiger partial charge in [-0.3, -0.25) is 13.9 Å². The average Bonchev–Trinajstić information content (AvgIpc) is 3.28. The van der Waals surface area contributed by atoms with Crippen molar-refractivity contribution in [3.8, 4) is 0 Å². The Hall–Kier alpha value is -2.39. The first-order chi connectivity index (χ1) is 12.6. The molecular weight excluding hydrogens is 354 g/mol. The molecule has 136 valence electrons. The molecule has 1 saturated heterocycles. The van der Waals surface area contributed by atoms with Crippen LogP contribution in [-0.4, -0.2) is 37.0 Å². The lowest BCUT2D eigenvalue weighted by molar-refractivity contribution is 0.0941. The Morgan fingerprint density at radius 3 is 3.00 bits per heavy atom. The molecule has 0 bridgehead atoms. The highest BCUT2D eigenvalue weighted by Crippen LogP contribution is 2.21. The summed E-state index contributed by atoms with van der Waals surface area (Å²) in [4.78, 5) is 29.1. The molecule has 1 N–H and O–H groups in total. The summed E-state index contributed by atoms with van der Waals surface area (Å²) in [6.45, 7) is 1.23. The standard InChI is InChI=1S/C17H19N5O3S/c1-21-14(18-13-7-3-2-6-12(13)15(21)23)10-26-17-20-19-16(24)22(17)9-11-5-4-8-25-11/h2-3,6-7,11H,4-5,8-10H2,1H3,(H,19,24). The van der Waals surface area contributed by atoms with Crippen LogP contribution in [0.2, 0.25) is 0 Å². The Labute approximate surface area is 153 Å². The fourth-order valence-corrected chi connectivity index (χ4v) is 4.03. The van der Waals surface area contributed by atoms with Crippen molar-refractivity contribution < 1.29 is 4.74 Å². The van der Waals surface area contributed by atoms with Crippen LogP contribution >= 0.6 is 11.8 Å². The molecule has 2 aromatic heterocycles. The van der Waals surface area contributed by atoms with Crippen molar-refractivity contribution in [3.05, 3.63) is 50.9 Å². The maximum atomic E-state index is 12.5. The maximum absolute atomic E-state index is 12.5. The van der Waals surface area contributed by atoms with Gasteiger partial charge < -0.3 is 4.74 Å². The van der Waals surface area contributed by atoms with Gasteiger partial charge in [-0.25, -0.2) is 14.9 Å². The zero-order chi connectivity index (χ0) is 18.1. The summed E-state index contributed by atoms with van der Waals surface area (Å²) in [5, 5.41) is 7.77. The molecule has 0 radical (unpaired) electrons. The Kier molecular flexibility index (Phi) is 4.64. The van der Waals surface area contributed by atoms with E-state index in [1.165, 1.54) is 11.8 Å². The summed E-state index contributed by atoms with van der Waals surface area (Å²) in [5.74, 6) is 1.07. The molecule has 1 aliphatic heterocycles. The second-order valence-corrected chi connectivity index (χ2v) is 7.20. The predicted molar refractivity (Wildman–Crippen MR) is 98.4 cm³/mol. The van der Waals surface area contributed by atoms with Gasteiger partial charge in [0.25, 0.3) is 5.56 Å². The van der Waals surface area contributed by atoms with E-state index in [-0.39, 0.29) is 17.4 Å². The maximum Gasteiger partial charge on any atom is 0.344 e. The number of benzene rings is 1. The molecule has 0 spiro atoms. The number of hydrogen-bond donors (Lipinski definition) is 1. The number of H-pyrrole nitrogens is 1. The zero-order valence-electron chi connectivity index (χ0n) is 14.3. The van der Waals surface area contributed by atoms with Crippen molar-refractivity contribution >= 4 is 22.7 Å². The summed E-state index contributed by atoms with van der Waals surface area (Å²) in [5.41, 5.74) is 0.346. The molecule has 4 rings (SSSR count). The number of aromatic nitrogens is 5. The number of thioether (sulfide) groups is 1. The molecule has 1 atom stereocenters. The van der Waals surface area contributed by atoms with Crippen LogP contribution in [0.15, 0.2) is 39.0 Å². The minimum absolute atomic E-state index is 0.0489. The molecule has 26 heavy (non-hydrogen) atoms. The van der Waals surface area contributed by atoms with Crippen molar-refractivity contribution in [2.45, 2.75) is 36.4 Å². The number of aromatic amines is 1. The third-order valence-electron chi connectivity index (χ3n) is 4.54. The van der Waals surface area contributed by atoms with Crippen LogP contribution in [0, 0.1) is 0 Å². The molecule has 1 fully saturated rings. The van der Waals surface area contributed by atoms with Gasteiger partial charge in [0, 0.05) is 13.7 Å². The van der Waals surface area contributed by atoms with Crippen LogP contribution in [0.3, 0.4) is 0 Å². The first-order valence-electron chi connectivity index (χ1n) is 8.48. The largest absolute Gasteiger partial charge is 0.376 e. The average molecular weight is 373 g/mol. The number of nitrogens with zero attached hydrogens (tertiary/aromatic N) is 4. The lowest BCUT2D eigenvalue weighted by Gasteiger charge is -2.12. The van der Waals surface area contributed by atoms with Gasteiger partial charge in [-0.2, -0.15) is 0 Å². The second-order valence-electron chi connectivity index (χ2n) is 6.25. The number of nitrogens with one attached hydrogen (secondary N) is 1. The summed E-state index contributed by atoms with van der Waals surface area (Å²) < 4.78 is 8.76. The first kappa shape index (κ1) is 17.0. The van der Waals surface area contributed by atoms with E-state index >= 15 is 0 Å². The van der Waals surface area contributed by atoms with Gasteiger partial charge >= 0.3 is 5.69 Å². The van der Waals surface area contributed by atoms with Crippen LogP contribution in [0.25, 0.3) is 10.9 Å². The van der Waals surface area contributed by atoms with Gasteiger partial charge in [-0.1, -0.05) is 23.9 Å². The highest BCUT2D eigenvalue weighted by atomic mass is 32.2. The monoisotopic (exact) mass is 373 g/mol. The number of fused-ring (bicyclic) bond motifs is 1. The van der Waals surface area contributed by atoms with E-state index in [2.05, 4.69) is 15.2 Å². The molecule has 3 heterocycles. The SMILES string of the molecule is Cn1c(CSc2n[nH]c(=O)n2CC2CCCO2)nc2ccccc2c1=O. The minimum Gasteiger partial charge on any atom is -0.376 e. The number of hydrogen-bond acceptors (Lipinski definition) is 6. The highest BCUT2D eigenvalue weighted by molar-refractivity contribution is 7.98. The van der Waals surface area contributed by atoms with Gasteiger partial charge in [0.1, 0.15) is 5.82 Å². The van der Waals surface area contributed by atoms with Gasteiger partial charge in [0.2, 0.25) is 0 Å². The lowest BCUT2D eigenvalue weighted by atomic mass is 10.2. The molecule has 3 aromatic rings. The molecule has 1 unspecified atom stereocenters. The molecule has 0 amide bonds. The van der Waals surface area contributed by atoms with Crippen molar-refractivity contribution in [2.24, 2.45) is 7.05 Å². The van der Waals surface area contributed by atoms with Crippen LogP contribution in [0.5, 0.6) is 0 Å². The van der Waals surface area contributed by atoms with E-state index in [9.17, 15) is 9.59 Å². The van der Waals surface area contributed by atoms with Crippen LogP contribution in [-0.2, 0) is 24.1 Å².